The van der Waals surface area contributed by atoms with Gasteiger partial charge in [0.05, 0.1) is 18.3 Å². The second-order valence-corrected chi connectivity index (χ2v) is 8.43. The van der Waals surface area contributed by atoms with E-state index in [-0.39, 0.29) is 11.9 Å². The van der Waals surface area contributed by atoms with Crippen LogP contribution in [0.2, 0.25) is 0 Å². The fourth-order valence-corrected chi connectivity index (χ4v) is 3.93. The molecule has 2 aromatic carbocycles. The van der Waals surface area contributed by atoms with E-state index in [4.69, 9.17) is 19.6 Å². The highest BCUT2D eigenvalue weighted by Crippen LogP contribution is 2.21. The van der Waals surface area contributed by atoms with Crippen molar-refractivity contribution in [1.29, 1.82) is 0 Å². The number of para-hydroxylation sites is 1. The summed E-state index contributed by atoms with van der Waals surface area (Å²) in [5.41, 5.74) is 2.75. The van der Waals surface area contributed by atoms with Gasteiger partial charge < -0.3 is 20.5 Å². The van der Waals surface area contributed by atoms with Crippen LogP contribution in [0.25, 0.3) is 10.9 Å². The number of hydrogen-bond acceptors (Lipinski definition) is 5. The van der Waals surface area contributed by atoms with Crippen LogP contribution in [0.1, 0.15) is 41.7 Å². The lowest BCUT2D eigenvalue weighted by atomic mass is 9.91. The molecule has 0 bridgehead atoms. The number of ether oxygens (including phenoxy) is 1. The third-order valence-electron chi connectivity index (χ3n) is 5.86. The molecule has 0 spiro atoms. The summed E-state index contributed by atoms with van der Waals surface area (Å²) >= 11 is 0. The molecule has 0 atom stereocenters. The summed E-state index contributed by atoms with van der Waals surface area (Å²) in [7, 11) is 1.61. The number of carboxylic acid groups (broad SMARTS) is 1. The van der Waals surface area contributed by atoms with Gasteiger partial charge in [-0.2, -0.15) is 13.2 Å². The number of aromatic nitrogens is 1. The molecule has 0 unspecified atom stereocenters. The fraction of sp³-hybridized carbons (Fsp3) is 0.346. The average Bonchev–Trinajstić information content (AvgIpc) is 2.88. The fourth-order valence-electron chi connectivity index (χ4n) is 3.93. The Kier molecular flexibility index (Phi) is 9.24. The number of carbonyl (C=O) groups excluding carboxylic acids is 1. The minimum Gasteiger partial charge on any atom is -0.497 e. The van der Waals surface area contributed by atoms with Gasteiger partial charge in [-0.3, -0.25) is 9.78 Å². The molecule has 7 nitrogen and oxygen atoms in total. The van der Waals surface area contributed by atoms with Gasteiger partial charge in [-0.1, -0.05) is 30.3 Å². The number of methoxy groups -OCH3 is 1. The van der Waals surface area contributed by atoms with Gasteiger partial charge in [0.1, 0.15) is 5.75 Å². The van der Waals surface area contributed by atoms with Crippen LogP contribution in [0.3, 0.4) is 0 Å². The first-order valence-electron chi connectivity index (χ1n) is 11.5. The van der Waals surface area contributed by atoms with Crippen LogP contribution in [0.15, 0.2) is 60.7 Å². The first-order valence-corrected chi connectivity index (χ1v) is 11.5. The summed E-state index contributed by atoms with van der Waals surface area (Å²) in [6.45, 7) is 0.774. The highest BCUT2D eigenvalue weighted by Gasteiger charge is 2.38. The standard InChI is InChI=1S/C24H27N3O2.C2HF3O2/c1-29-22-7-4-6-18(15-22)24(28)27-20-13-11-19(12-14-20)25-16-21-10-9-17-5-2-3-8-23(17)26-21;3-2(4,5)1(6)7/h2-10,15,19-20,25H,11-14,16H2,1H3,(H,27,28);(H,6,7). The Morgan fingerprint density at radius 3 is 2.33 bits per heavy atom. The number of alkyl halides is 3. The van der Waals surface area contributed by atoms with Gasteiger partial charge in [-0.25, -0.2) is 4.79 Å². The Balaban J connectivity index is 0.000000454. The SMILES string of the molecule is COc1cccc(C(=O)NC2CCC(NCc3ccc4ccccc4n3)CC2)c1.O=C(O)C(F)(F)F. The number of nitrogens with one attached hydrogen (secondary N) is 2. The first-order chi connectivity index (χ1) is 17.2. The lowest BCUT2D eigenvalue weighted by Gasteiger charge is -2.29. The van der Waals surface area contributed by atoms with Crippen LogP contribution >= 0.6 is 0 Å². The van der Waals surface area contributed by atoms with Crippen molar-refractivity contribution in [1.82, 2.24) is 15.6 Å². The third kappa shape index (κ3) is 7.94. The number of nitrogens with zero attached hydrogens (tertiary/aromatic N) is 1. The topological polar surface area (TPSA) is 101 Å². The number of hydrogen-bond donors (Lipinski definition) is 3. The molecule has 3 N–H and O–H groups in total. The Morgan fingerprint density at radius 2 is 1.67 bits per heavy atom. The van der Waals surface area contributed by atoms with Crippen LogP contribution in [-0.2, 0) is 11.3 Å². The molecule has 0 radical (unpaired) electrons. The molecule has 10 heteroatoms. The predicted molar refractivity (Wildman–Crippen MR) is 129 cm³/mol. The molecule has 1 heterocycles. The minimum atomic E-state index is -5.08. The second-order valence-electron chi connectivity index (χ2n) is 8.43. The summed E-state index contributed by atoms with van der Waals surface area (Å²) in [5.74, 6) is -2.08. The molecule has 4 rings (SSSR count). The number of halogens is 3. The maximum atomic E-state index is 12.5. The van der Waals surface area contributed by atoms with Crippen molar-refractivity contribution in [3.8, 4) is 5.75 Å². The number of benzene rings is 2. The summed E-state index contributed by atoms with van der Waals surface area (Å²) in [6.07, 6.45) is -1.01. The van der Waals surface area contributed by atoms with E-state index in [1.807, 2.05) is 30.3 Å². The maximum Gasteiger partial charge on any atom is 0.490 e. The van der Waals surface area contributed by atoms with E-state index in [0.717, 1.165) is 43.4 Å². The Labute approximate surface area is 206 Å². The van der Waals surface area contributed by atoms with Gasteiger partial charge >= 0.3 is 12.1 Å². The van der Waals surface area contributed by atoms with Gasteiger partial charge in [0.2, 0.25) is 0 Å². The van der Waals surface area contributed by atoms with E-state index >= 15 is 0 Å². The lowest BCUT2D eigenvalue weighted by Crippen LogP contribution is -2.42. The zero-order valence-corrected chi connectivity index (χ0v) is 19.7. The summed E-state index contributed by atoms with van der Waals surface area (Å²) in [4.78, 5) is 26.1. The van der Waals surface area contributed by atoms with E-state index in [2.05, 4.69) is 34.9 Å². The number of carbonyl (C=O) groups is 2. The zero-order valence-electron chi connectivity index (χ0n) is 19.7. The maximum absolute atomic E-state index is 12.5. The molecule has 36 heavy (non-hydrogen) atoms. The second kappa shape index (κ2) is 12.3. The van der Waals surface area contributed by atoms with Crippen molar-refractivity contribution in [2.45, 2.75) is 50.5 Å². The number of amides is 1. The van der Waals surface area contributed by atoms with Crippen molar-refractivity contribution in [3.05, 3.63) is 71.9 Å². The van der Waals surface area contributed by atoms with Gasteiger partial charge in [-0.15, -0.1) is 0 Å². The molecule has 1 fully saturated rings. The van der Waals surface area contributed by atoms with Crippen LogP contribution in [-0.4, -0.2) is 47.3 Å². The van der Waals surface area contributed by atoms with Gasteiger partial charge in [0.25, 0.3) is 5.91 Å². The molecule has 1 amide bonds. The van der Waals surface area contributed by atoms with Crippen molar-refractivity contribution in [2.24, 2.45) is 0 Å². The molecular weight excluding hydrogens is 475 g/mol. The van der Waals surface area contributed by atoms with Crippen molar-refractivity contribution in [3.63, 3.8) is 0 Å². The molecule has 1 aromatic heterocycles. The number of carboxylic acids is 1. The number of pyridine rings is 1. The molecule has 0 saturated heterocycles. The highest BCUT2D eigenvalue weighted by atomic mass is 19.4. The van der Waals surface area contributed by atoms with E-state index < -0.39 is 12.1 Å². The predicted octanol–water partition coefficient (Wildman–Crippen LogP) is 4.71. The van der Waals surface area contributed by atoms with Crippen molar-refractivity contribution >= 4 is 22.8 Å². The van der Waals surface area contributed by atoms with E-state index in [1.165, 1.54) is 5.39 Å². The summed E-state index contributed by atoms with van der Waals surface area (Å²) in [5, 5.41) is 15.1. The molecular formula is C26H28F3N3O4. The quantitative estimate of drug-likeness (QED) is 0.451. The van der Waals surface area contributed by atoms with Gasteiger partial charge in [0, 0.05) is 29.6 Å². The summed E-state index contributed by atoms with van der Waals surface area (Å²) in [6, 6.07) is 20.4. The Morgan fingerprint density at radius 1 is 1.00 bits per heavy atom. The number of fused-ring (bicyclic) bond motifs is 1. The van der Waals surface area contributed by atoms with E-state index in [1.54, 1.807) is 13.2 Å². The van der Waals surface area contributed by atoms with Crippen molar-refractivity contribution in [2.75, 3.05) is 7.11 Å². The highest BCUT2D eigenvalue weighted by molar-refractivity contribution is 5.94. The average molecular weight is 504 g/mol. The Hall–Kier alpha value is -3.66. The molecule has 1 aliphatic rings. The third-order valence-corrected chi connectivity index (χ3v) is 5.86. The van der Waals surface area contributed by atoms with E-state index in [0.29, 0.717) is 17.4 Å². The molecule has 1 aliphatic carbocycles. The van der Waals surface area contributed by atoms with Gasteiger partial charge in [-0.05, 0) is 56.0 Å². The molecule has 0 aliphatic heterocycles. The molecule has 192 valence electrons. The smallest absolute Gasteiger partial charge is 0.490 e. The van der Waals surface area contributed by atoms with Crippen LogP contribution in [0.4, 0.5) is 13.2 Å². The Bertz CT molecular complexity index is 1180. The number of aliphatic carboxylic acids is 1. The van der Waals surface area contributed by atoms with Gasteiger partial charge in [0.15, 0.2) is 0 Å². The van der Waals surface area contributed by atoms with Crippen molar-refractivity contribution < 1.29 is 32.6 Å². The van der Waals surface area contributed by atoms with Crippen LogP contribution in [0, 0.1) is 0 Å². The zero-order chi connectivity index (χ0) is 26.1. The largest absolute Gasteiger partial charge is 0.497 e. The normalized spacial score (nSPS) is 17.6. The summed E-state index contributed by atoms with van der Waals surface area (Å²) < 4.78 is 36.9. The molecule has 3 aromatic rings. The monoisotopic (exact) mass is 503 g/mol. The number of rotatable bonds is 6. The van der Waals surface area contributed by atoms with Crippen LogP contribution < -0.4 is 15.4 Å². The van der Waals surface area contributed by atoms with E-state index in [9.17, 15) is 18.0 Å². The first kappa shape index (κ1) is 26.9. The van der Waals surface area contributed by atoms with Crippen LogP contribution in [0.5, 0.6) is 5.75 Å². The lowest BCUT2D eigenvalue weighted by molar-refractivity contribution is -0.192. The molecule has 1 saturated carbocycles. The minimum absolute atomic E-state index is 0.0272.